The molecule has 0 amide bonds. The lowest BCUT2D eigenvalue weighted by Crippen LogP contribution is -2.14. The summed E-state index contributed by atoms with van der Waals surface area (Å²) in [4.78, 5) is 8.22. The highest BCUT2D eigenvalue weighted by atomic mass is 35.5. The molecule has 3 aromatic carbocycles. The molecule has 0 spiro atoms. The SMILES string of the molecule is FC(F)(F)c1cc(-c2ccc(Cl)cc2)nc(-n2nc(-c3ccccc3Cl)c(Cl)c2-c2ccccc2Cl)n1. The molecule has 11 heteroatoms. The Kier molecular flexibility index (Phi) is 6.89. The molecule has 2 heterocycles. The van der Waals surface area contributed by atoms with E-state index in [4.69, 9.17) is 46.4 Å². The summed E-state index contributed by atoms with van der Waals surface area (Å²) in [6.45, 7) is 0. The minimum atomic E-state index is -4.76. The highest BCUT2D eigenvalue weighted by Gasteiger charge is 2.35. The summed E-state index contributed by atoms with van der Waals surface area (Å²) in [6, 6.07) is 20.7. The van der Waals surface area contributed by atoms with E-state index < -0.39 is 11.9 Å². The molecule has 186 valence electrons. The van der Waals surface area contributed by atoms with Crippen LogP contribution < -0.4 is 0 Å². The van der Waals surface area contributed by atoms with E-state index in [1.807, 2.05) is 0 Å². The fourth-order valence-corrected chi connectivity index (χ4v) is 4.60. The lowest BCUT2D eigenvalue weighted by atomic mass is 10.1. The van der Waals surface area contributed by atoms with Crippen LogP contribution in [0, 0.1) is 0 Å². The van der Waals surface area contributed by atoms with E-state index in [2.05, 4.69) is 15.1 Å². The molecular formula is C26H13Cl4F3N4. The number of rotatable bonds is 4. The van der Waals surface area contributed by atoms with Crippen LogP contribution in [-0.2, 0) is 6.18 Å². The van der Waals surface area contributed by atoms with Crippen LogP contribution in [0.4, 0.5) is 13.2 Å². The first-order valence-corrected chi connectivity index (χ1v) is 12.2. The molecule has 0 aliphatic carbocycles. The van der Waals surface area contributed by atoms with Crippen molar-refractivity contribution >= 4 is 46.4 Å². The van der Waals surface area contributed by atoms with Crippen LogP contribution in [0.15, 0.2) is 78.9 Å². The van der Waals surface area contributed by atoms with Crippen molar-refractivity contribution in [3.05, 3.63) is 105 Å². The second kappa shape index (κ2) is 9.99. The van der Waals surface area contributed by atoms with E-state index in [1.54, 1.807) is 72.8 Å². The van der Waals surface area contributed by atoms with E-state index in [0.29, 0.717) is 31.8 Å². The van der Waals surface area contributed by atoms with Gasteiger partial charge in [-0.05, 0) is 30.3 Å². The Morgan fingerprint density at radius 1 is 0.703 bits per heavy atom. The first-order valence-electron chi connectivity index (χ1n) is 10.6. The molecule has 0 aliphatic heterocycles. The molecule has 0 unspecified atom stereocenters. The average Bonchev–Trinajstić information content (AvgIpc) is 3.21. The Labute approximate surface area is 229 Å². The van der Waals surface area contributed by atoms with Gasteiger partial charge in [-0.3, -0.25) is 0 Å². The van der Waals surface area contributed by atoms with Crippen molar-refractivity contribution in [1.29, 1.82) is 0 Å². The third-order valence-corrected chi connectivity index (χ3v) is 6.69. The second-order valence-electron chi connectivity index (χ2n) is 7.83. The van der Waals surface area contributed by atoms with Crippen LogP contribution in [0.3, 0.4) is 0 Å². The van der Waals surface area contributed by atoms with Crippen LogP contribution in [-0.4, -0.2) is 19.7 Å². The predicted molar refractivity (Wildman–Crippen MR) is 141 cm³/mol. The van der Waals surface area contributed by atoms with Gasteiger partial charge in [0.1, 0.15) is 5.69 Å². The fourth-order valence-electron chi connectivity index (χ4n) is 3.70. The molecule has 0 aliphatic rings. The summed E-state index contributed by atoms with van der Waals surface area (Å²) in [7, 11) is 0. The number of aromatic nitrogens is 4. The number of alkyl halides is 3. The third-order valence-electron chi connectivity index (χ3n) is 5.42. The topological polar surface area (TPSA) is 43.6 Å². The zero-order chi connectivity index (χ0) is 26.3. The molecular weight excluding hydrogens is 567 g/mol. The van der Waals surface area contributed by atoms with Crippen molar-refractivity contribution in [2.75, 3.05) is 0 Å². The third kappa shape index (κ3) is 5.05. The molecule has 0 bridgehead atoms. The van der Waals surface area contributed by atoms with Crippen LogP contribution in [0.25, 0.3) is 39.7 Å². The smallest absolute Gasteiger partial charge is 0.211 e. The standard InChI is InChI=1S/C26H13Cl4F3N4/c27-15-11-9-14(10-12-15)20-13-21(26(31,32)33)35-25(34-20)37-24(17-6-2-4-8-19(17)29)22(30)23(36-37)16-5-1-3-7-18(16)28/h1-13H. The van der Waals surface area contributed by atoms with Crippen LogP contribution >= 0.6 is 46.4 Å². The van der Waals surface area contributed by atoms with Gasteiger partial charge < -0.3 is 0 Å². The van der Waals surface area contributed by atoms with Gasteiger partial charge in [-0.15, -0.1) is 0 Å². The molecule has 2 aromatic heterocycles. The monoisotopic (exact) mass is 578 g/mol. The normalized spacial score (nSPS) is 11.6. The zero-order valence-electron chi connectivity index (χ0n) is 18.4. The Bertz CT molecular complexity index is 1620. The van der Waals surface area contributed by atoms with Gasteiger partial charge in [0.25, 0.3) is 5.95 Å². The van der Waals surface area contributed by atoms with Crippen molar-refractivity contribution < 1.29 is 13.2 Å². The average molecular weight is 580 g/mol. The highest BCUT2D eigenvalue weighted by molar-refractivity contribution is 6.39. The van der Waals surface area contributed by atoms with E-state index in [1.165, 1.54) is 0 Å². The van der Waals surface area contributed by atoms with Crippen LogP contribution in [0.5, 0.6) is 0 Å². The summed E-state index contributed by atoms with van der Waals surface area (Å²) in [5.41, 5.74) is 0.617. The van der Waals surface area contributed by atoms with Crippen molar-refractivity contribution in [3.8, 4) is 39.7 Å². The summed E-state index contributed by atoms with van der Waals surface area (Å²) in [5, 5.41) is 5.74. The van der Waals surface area contributed by atoms with E-state index in [0.717, 1.165) is 10.7 Å². The minimum Gasteiger partial charge on any atom is -0.211 e. The maximum absolute atomic E-state index is 13.9. The van der Waals surface area contributed by atoms with Crippen molar-refractivity contribution in [2.24, 2.45) is 0 Å². The van der Waals surface area contributed by atoms with Gasteiger partial charge in [-0.1, -0.05) is 94.9 Å². The summed E-state index contributed by atoms with van der Waals surface area (Å²) < 4.78 is 42.9. The van der Waals surface area contributed by atoms with Gasteiger partial charge in [0, 0.05) is 21.7 Å². The van der Waals surface area contributed by atoms with Gasteiger partial charge in [-0.25, -0.2) is 9.97 Å². The Balaban J connectivity index is 1.83. The van der Waals surface area contributed by atoms with Gasteiger partial charge in [0.15, 0.2) is 5.69 Å². The first kappa shape index (κ1) is 25.5. The largest absolute Gasteiger partial charge is 0.433 e. The zero-order valence-corrected chi connectivity index (χ0v) is 21.5. The maximum atomic E-state index is 13.9. The van der Waals surface area contributed by atoms with Crippen LogP contribution in [0.1, 0.15) is 5.69 Å². The molecule has 0 saturated heterocycles. The number of nitrogens with zero attached hydrogens (tertiary/aromatic N) is 4. The molecule has 5 aromatic rings. The number of benzene rings is 3. The van der Waals surface area contributed by atoms with Crippen LogP contribution in [0.2, 0.25) is 20.1 Å². The van der Waals surface area contributed by atoms with Crippen molar-refractivity contribution in [3.63, 3.8) is 0 Å². The summed E-state index contributed by atoms with van der Waals surface area (Å²) >= 11 is 25.6. The molecule has 5 rings (SSSR count). The summed E-state index contributed by atoms with van der Waals surface area (Å²) in [6.07, 6.45) is -4.76. The van der Waals surface area contributed by atoms with E-state index >= 15 is 0 Å². The molecule has 4 nitrogen and oxygen atoms in total. The maximum Gasteiger partial charge on any atom is 0.433 e. The molecule has 0 atom stereocenters. The predicted octanol–water partition coefficient (Wildman–Crippen LogP) is 9.30. The fraction of sp³-hybridized carbons (Fsp3) is 0.0385. The molecule has 0 N–H and O–H groups in total. The highest BCUT2D eigenvalue weighted by Crippen LogP contribution is 2.42. The van der Waals surface area contributed by atoms with E-state index in [9.17, 15) is 13.2 Å². The number of hydrogen-bond donors (Lipinski definition) is 0. The second-order valence-corrected chi connectivity index (χ2v) is 9.45. The molecule has 0 saturated carbocycles. The first-order chi connectivity index (χ1) is 17.6. The summed E-state index contributed by atoms with van der Waals surface area (Å²) in [5.74, 6) is -0.352. The number of halogens is 7. The Hall–Kier alpha value is -3.10. The van der Waals surface area contributed by atoms with Crippen molar-refractivity contribution in [2.45, 2.75) is 6.18 Å². The van der Waals surface area contributed by atoms with E-state index in [-0.39, 0.29) is 28.1 Å². The van der Waals surface area contributed by atoms with Gasteiger partial charge in [0.05, 0.1) is 26.5 Å². The van der Waals surface area contributed by atoms with Crippen molar-refractivity contribution in [1.82, 2.24) is 19.7 Å². The quantitative estimate of drug-likeness (QED) is 0.213. The Morgan fingerprint density at radius 3 is 1.89 bits per heavy atom. The lowest BCUT2D eigenvalue weighted by Gasteiger charge is -2.13. The molecule has 0 radical (unpaired) electrons. The van der Waals surface area contributed by atoms with Gasteiger partial charge in [0.2, 0.25) is 0 Å². The van der Waals surface area contributed by atoms with Gasteiger partial charge in [-0.2, -0.15) is 23.0 Å². The number of hydrogen-bond acceptors (Lipinski definition) is 3. The molecule has 37 heavy (non-hydrogen) atoms. The Morgan fingerprint density at radius 2 is 1.30 bits per heavy atom. The lowest BCUT2D eigenvalue weighted by molar-refractivity contribution is -0.141. The minimum absolute atomic E-state index is 0.0185. The molecule has 0 fully saturated rings. The van der Waals surface area contributed by atoms with Gasteiger partial charge >= 0.3 is 6.18 Å².